The zero-order valence-corrected chi connectivity index (χ0v) is 33.0. The van der Waals surface area contributed by atoms with E-state index in [4.69, 9.17) is 9.40 Å². The third-order valence-corrected chi connectivity index (χ3v) is 11.9. The van der Waals surface area contributed by atoms with E-state index in [2.05, 4.69) is 67.9 Å². The molecule has 1 N–H and O–H groups in total. The summed E-state index contributed by atoms with van der Waals surface area (Å²) in [5.74, 6) is 0.286. The minimum atomic E-state index is -0.337. The van der Waals surface area contributed by atoms with E-state index in [-0.39, 0.29) is 47.9 Å². The number of ketones is 1. The number of thiophene rings is 2. The first-order valence-corrected chi connectivity index (χ1v) is 18.1. The van der Waals surface area contributed by atoms with Gasteiger partial charge in [-0.25, -0.2) is 0 Å². The maximum atomic E-state index is 12.2. The first kappa shape index (κ1) is 37.0. The van der Waals surface area contributed by atoms with Gasteiger partial charge in [0, 0.05) is 69.8 Å². The van der Waals surface area contributed by atoms with Crippen molar-refractivity contribution in [3.8, 4) is 11.3 Å². The third kappa shape index (κ3) is 7.01. The molecular formula is C40H46IrNO3S2-. The number of aliphatic hydroxyl groups is 1. The van der Waals surface area contributed by atoms with Crippen LogP contribution in [0.4, 0.5) is 0 Å². The van der Waals surface area contributed by atoms with Crippen LogP contribution in [0.1, 0.15) is 93.6 Å². The van der Waals surface area contributed by atoms with Gasteiger partial charge in [0.2, 0.25) is 0 Å². The number of hydrogen-bond acceptors (Lipinski definition) is 6. The maximum Gasteiger partial charge on any atom is 0.164 e. The van der Waals surface area contributed by atoms with Crippen LogP contribution >= 0.6 is 22.7 Å². The number of rotatable bonds is 8. The first-order valence-electron chi connectivity index (χ1n) is 16.4. The van der Waals surface area contributed by atoms with Crippen molar-refractivity contribution in [2.24, 2.45) is 10.8 Å². The summed E-state index contributed by atoms with van der Waals surface area (Å²) < 4.78 is 8.86. The van der Waals surface area contributed by atoms with Crippen molar-refractivity contribution < 1.29 is 34.4 Å². The number of aromatic nitrogens is 1. The summed E-state index contributed by atoms with van der Waals surface area (Å²) in [6.07, 6.45) is 6.59. The minimum Gasteiger partial charge on any atom is -0.512 e. The Morgan fingerprint density at radius 2 is 1.55 bits per heavy atom. The molecule has 0 saturated carbocycles. The van der Waals surface area contributed by atoms with E-state index in [9.17, 15) is 9.90 Å². The van der Waals surface area contributed by atoms with Crippen molar-refractivity contribution in [2.75, 3.05) is 0 Å². The van der Waals surface area contributed by atoms with Crippen LogP contribution < -0.4 is 0 Å². The smallest absolute Gasteiger partial charge is 0.164 e. The van der Waals surface area contributed by atoms with Crippen molar-refractivity contribution in [1.82, 2.24) is 4.98 Å². The van der Waals surface area contributed by atoms with Gasteiger partial charge in [0.1, 0.15) is 16.9 Å². The summed E-state index contributed by atoms with van der Waals surface area (Å²) >= 11 is 3.53. The molecule has 0 atom stereocenters. The summed E-state index contributed by atoms with van der Waals surface area (Å²) in [7, 11) is 0. The van der Waals surface area contributed by atoms with Crippen LogP contribution in [0.25, 0.3) is 53.4 Å². The second-order valence-electron chi connectivity index (χ2n) is 13.8. The fourth-order valence-electron chi connectivity index (χ4n) is 5.80. The largest absolute Gasteiger partial charge is 0.512 e. The SMILES string of the molecule is CC(C)(C)c1cc(-c2nccc3oc4c5ccsc5ccc4c23)[c-]c2ccsc12.CCC(C)(CC)C(=O)/C=C(\O)C(C)(CC)CC.[Ir]. The van der Waals surface area contributed by atoms with Crippen LogP contribution in [0.15, 0.2) is 69.6 Å². The van der Waals surface area contributed by atoms with E-state index in [1.165, 1.54) is 26.4 Å². The molecule has 7 heteroatoms. The normalized spacial score (nSPS) is 12.8. The number of aliphatic hydroxyl groups excluding tert-OH is 1. The molecule has 0 bridgehead atoms. The fraction of sp³-hybridized carbons (Fsp3) is 0.400. The molecule has 4 nitrogen and oxygen atoms in total. The number of fused-ring (bicyclic) bond motifs is 6. The van der Waals surface area contributed by atoms with Crippen LogP contribution in [0, 0.1) is 16.9 Å². The number of allylic oxidation sites excluding steroid dienone is 2. The van der Waals surface area contributed by atoms with Crippen molar-refractivity contribution in [3.05, 3.63) is 76.8 Å². The van der Waals surface area contributed by atoms with E-state index in [0.717, 1.165) is 64.3 Å². The monoisotopic (exact) mass is 845 g/mol. The predicted molar refractivity (Wildman–Crippen MR) is 198 cm³/mol. The molecule has 0 spiro atoms. The average Bonchev–Trinajstić information content (AvgIpc) is 3.81. The fourth-order valence-corrected chi connectivity index (χ4v) is 7.67. The molecule has 0 fully saturated rings. The Hall–Kier alpha value is -2.83. The molecule has 0 unspecified atom stereocenters. The van der Waals surface area contributed by atoms with E-state index >= 15 is 0 Å². The van der Waals surface area contributed by atoms with E-state index in [1.807, 2.05) is 53.8 Å². The van der Waals surface area contributed by atoms with Crippen molar-refractivity contribution in [2.45, 2.75) is 93.4 Å². The van der Waals surface area contributed by atoms with Gasteiger partial charge >= 0.3 is 0 Å². The summed E-state index contributed by atoms with van der Waals surface area (Å²) in [4.78, 5) is 17.0. The van der Waals surface area contributed by atoms with E-state index in [0.29, 0.717) is 0 Å². The topological polar surface area (TPSA) is 63.3 Å². The van der Waals surface area contributed by atoms with Crippen LogP contribution in [-0.2, 0) is 30.3 Å². The van der Waals surface area contributed by atoms with Crippen LogP contribution in [0.5, 0.6) is 0 Å². The number of pyridine rings is 1. The molecule has 6 rings (SSSR count). The molecule has 6 aromatic rings. The van der Waals surface area contributed by atoms with Gasteiger partial charge in [-0.05, 0) is 70.8 Å². The zero-order chi connectivity index (χ0) is 33.4. The van der Waals surface area contributed by atoms with Crippen LogP contribution in [-0.4, -0.2) is 15.9 Å². The van der Waals surface area contributed by atoms with E-state index in [1.54, 1.807) is 22.7 Å². The van der Waals surface area contributed by atoms with Gasteiger partial charge in [0.25, 0.3) is 0 Å². The Labute approximate surface area is 300 Å². The maximum absolute atomic E-state index is 12.2. The Kier molecular flexibility index (Phi) is 11.3. The summed E-state index contributed by atoms with van der Waals surface area (Å²) in [5, 5.41) is 18.9. The second kappa shape index (κ2) is 14.3. The molecule has 0 amide bonds. The first-order chi connectivity index (χ1) is 21.8. The number of nitrogens with zero attached hydrogens (tertiary/aromatic N) is 1. The standard InChI is InChI=1S/C25H18NOS2.C15H28O2.Ir/c1-25(2,3)18-13-15(12-14-7-10-29-24(14)18)22-21-17-4-5-20-16(8-11-28-20)23(17)27-19(21)6-9-26-22;1-7-14(5,8-2)12(16)11-13(17)15(6,9-3)10-4;/h4-11,13H,1-3H3;11,16H,7-10H2,1-6H3;/q-1;;/b;12-11-;. The molecule has 0 aliphatic carbocycles. The predicted octanol–water partition coefficient (Wildman–Crippen LogP) is 12.8. The number of carbonyl (C=O) groups excluding carboxylic acids is 1. The van der Waals surface area contributed by atoms with Crippen LogP contribution in [0.3, 0.4) is 0 Å². The zero-order valence-electron chi connectivity index (χ0n) is 29.0. The Morgan fingerprint density at radius 1 is 0.894 bits per heavy atom. The molecule has 4 heterocycles. The molecule has 47 heavy (non-hydrogen) atoms. The molecule has 4 aromatic heterocycles. The third-order valence-electron chi connectivity index (χ3n) is 10.1. The molecule has 2 aromatic carbocycles. The van der Waals surface area contributed by atoms with Gasteiger partial charge in [-0.15, -0.1) is 34.9 Å². The molecular weight excluding hydrogens is 799 g/mol. The van der Waals surface area contributed by atoms with Crippen molar-refractivity contribution in [3.63, 3.8) is 0 Å². The van der Waals surface area contributed by atoms with Gasteiger partial charge in [0.05, 0.1) is 0 Å². The van der Waals surface area contributed by atoms with Gasteiger partial charge in [0.15, 0.2) is 5.78 Å². The molecule has 0 aliphatic rings. The molecule has 1 radical (unpaired) electrons. The van der Waals surface area contributed by atoms with Gasteiger partial charge in [-0.3, -0.25) is 9.78 Å². The van der Waals surface area contributed by atoms with Crippen LogP contribution in [0.2, 0.25) is 0 Å². The summed E-state index contributed by atoms with van der Waals surface area (Å²) in [6, 6.07) is 16.5. The average molecular weight is 845 g/mol. The number of benzene rings is 2. The van der Waals surface area contributed by atoms with Gasteiger partial charge in [-0.2, -0.15) is 11.3 Å². The Bertz CT molecular complexity index is 2050. The summed E-state index contributed by atoms with van der Waals surface area (Å²) in [6.45, 7) is 18.9. The number of carbonyl (C=O) groups is 1. The van der Waals surface area contributed by atoms with Gasteiger partial charge in [-0.1, -0.05) is 73.4 Å². The summed E-state index contributed by atoms with van der Waals surface area (Å²) in [5.41, 5.74) is 4.56. The number of hydrogen-bond donors (Lipinski definition) is 1. The Morgan fingerprint density at radius 3 is 2.19 bits per heavy atom. The second-order valence-corrected chi connectivity index (χ2v) is 15.7. The molecule has 251 valence electrons. The molecule has 0 aliphatic heterocycles. The van der Waals surface area contributed by atoms with Crippen molar-refractivity contribution >= 4 is 70.6 Å². The van der Waals surface area contributed by atoms with E-state index < -0.39 is 0 Å². The molecule has 0 saturated heterocycles. The quantitative estimate of drug-likeness (QED) is 0.0942. The van der Waals surface area contributed by atoms with Gasteiger partial charge < -0.3 is 9.52 Å². The Balaban J connectivity index is 0.000000242. The number of furan rings is 1. The van der Waals surface area contributed by atoms with Crippen molar-refractivity contribution in [1.29, 1.82) is 0 Å². The minimum absolute atomic E-state index is 0.